The van der Waals surface area contributed by atoms with E-state index < -0.39 is 0 Å². The van der Waals surface area contributed by atoms with E-state index in [1.807, 2.05) is 0 Å². The molecule has 0 aromatic heterocycles. The zero-order valence-corrected chi connectivity index (χ0v) is 13.9. The third-order valence-corrected chi connectivity index (χ3v) is 7.00. The fourth-order valence-electron chi connectivity index (χ4n) is 6.52. The highest BCUT2D eigenvalue weighted by Gasteiger charge is 2.64. The normalized spacial score (nSPS) is 45.3. The van der Waals surface area contributed by atoms with Gasteiger partial charge in [-0.05, 0) is 66.6 Å². The molecule has 0 saturated heterocycles. The van der Waals surface area contributed by atoms with E-state index in [1.54, 1.807) is 0 Å². The predicted octanol–water partition coefficient (Wildman–Crippen LogP) is 2.82. The van der Waals surface area contributed by atoms with Crippen molar-refractivity contribution in [2.75, 3.05) is 13.2 Å². The van der Waals surface area contributed by atoms with Crippen molar-refractivity contribution in [2.45, 2.75) is 33.1 Å². The first-order valence-corrected chi connectivity index (χ1v) is 9.01. The minimum absolute atomic E-state index is 0.184. The quantitative estimate of drug-likeness (QED) is 0.444. The summed E-state index contributed by atoms with van der Waals surface area (Å²) in [6, 6.07) is 0. The average Bonchev–Trinajstić information content (AvgIpc) is 3.22. The summed E-state index contributed by atoms with van der Waals surface area (Å²) in [6.45, 7) is 4.00. The maximum absolute atomic E-state index is 11.3. The van der Waals surface area contributed by atoms with Crippen LogP contribution in [0.3, 0.4) is 0 Å². The Kier molecular flexibility index (Phi) is 3.73. The Morgan fingerprint density at radius 1 is 0.913 bits per heavy atom. The summed E-state index contributed by atoms with van der Waals surface area (Å²) < 4.78 is 10.6. The molecule has 0 heterocycles. The predicted molar refractivity (Wildman–Crippen MR) is 84.2 cm³/mol. The summed E-state index contributed by atoms with van der Waals surface area (Å²) in [5.74, 6) is 5.17. The number of allylic oxidation sites excluding steroid dienone is 2. The van der Waals surface area contributed by atoms with Crippen molar-refractivity contribution >= 4 is 11.9 Å². The second-order valence-corrected chi connectivity index (χ2v) is 7.93. The van der Waals surface area contributed by atoms with Gasteiger partial charge in [0, 0.05) is 13.8 Å². The molecule has 0 N–H and O–H groups in total. The lowest BCUT2D eigenvalue weighted by molar-refractivity contribution is -0.144. The zero-order chi connectivity index (χ0) is 16.1. The van der Waals surface area contributed by atoms with Crippen LogP contribution < -0.4 is 0 Å². The molecule has 8 unspecified atom stereocenters. The fourth-order valence-corrected chi connectivity index (χ4v) is 6.52. The van der Waals surface area contributed by atoms with E-state index in [2.05, 4.69) is 12.2 Å². The van der Waals surface area contributed by atoms with Crippen molar-refractivity contribution in [3.63, 3.8) is 0 Å². The van der Waals surface area contributed by atoms with Crippen LogP contribution in [0.25, 0.3) is 0 Å². The maximum atomic E-state index is 11.3. The fraction of sp³-hybridized carbons (Fsp3) is 0.789. The molecular weight excluding hydrogens is 292 g/mol. The minimum Gasteiger partial charge on any atom is -0.466 e. The van der Waals surface area contributed by atoms with Crippen molar-refractivity contribution in [1.29, 1.82) is 0 Å². The van der Waals surface area contributed by atoms with Gasteiger partial charge in [-0.25, -0.2) is 0 Å². The van der Waals surface area contributed by atoms with Crippen molar-refractivity contribution in [3.8, 4) is 0 Å². The average molecular weight is 318 g/mol. The third kappa shape index (κ3) is 2.41. The van der Waals surface area contributed by atoms with E-state index in [1.165, 1.54) is 26.7 Å². The number of carbonyl (C=O) groups excluding carboxylic acids is 2. The van der Waals surface area contributed by atoms with E-state index in [9.17, 15) is 9.59 Å². The number of ether oxygens (including phenoxy) is 2. The molecule has 0 aliphatic heterocycles. The smallest absolute Gasteiger partial charge is 0.302 e. The van der Waals surface area contributed by atoms with Crippen LogP contribution in [-0.4, -0.2) is 25.2 Å². The summed E-state index contributed by atoms with van der Waals surface area (Å²) in [6.07, 6.45) is 8.40. The Morgan fingerprint density at radius 2 is 1.52 bits per heavy atom. The number of hydrogen-bond acceptors (Lipinski definition) is 4. The molecule has 0 aromatic carbocycles. The summed E-state index contributed by atoms with van der Waals surface area (Å²) >= 11 is 0. The Bertz CT molecular complexity index is 539. The van der Waals surface area contributed by atoms with E-state index in [0.29, 0.717) is 31.0 Å². The summed E-state index contributed by atoms with van der Waals surface area (Å²) in [5.41, 5.74) is 0. The van der Waals surface area contributed by atoms with Crippen LogP contribution in [0.1, 0.15) is 33.1 Å². The van der Waals surface area contributed by atoms with Gasteiger partial charge in [0.25, 0.3) is 0 Å². The molecule has 0 spiro atoms. The Morgan fingerprint density at radius 3 is 2.13 bits per heavy atom. The van der Waals surface area contributed by atoms with E-state index in [-0.39, 0.29) is 11.9 Å². The molecule has 0 radical (unpaired) electrons. The highest BCUT2D eigenvalue weighted by molar-refractivity contribution is 5.66. The standard InChI is InChI=1S/C19H26O4/c1-10(20)22-6-5-14-15-8-16(17(14)9-23-11(2)21)19-13-4-3-12(7-13)18(15)19/h3-4,12-19H,5-9H2,1-2H3. The maximum Gasteiger partial charge on any atom is 0.302 e. The summed E-state index contributed by atoms with van der Waals surface area (Å²) in [5, 5.41) is 0. The topological polar surface area (TPSA) is 52.6 Å². The lowest BCUT2D eigenvalue weighted by atomic mass is 9.64. The molecule has 4 rings (SSSR count). The van der Waals surface area contributed by atoms with E-state index >= 15 is 0 Å². The van der Waals surface area contributed by atoms with Gasteiger partial charge in [-0.1, -0.05) is 12.2 Å². The number of rotatable bonds is 5. The molecule has 4 bridgehead atoms. The SMILES string of the molecule is CC(=O)OCCC1C(COC(C)=O)C2CC1C1C3C=CC(C3)C21. The highest BCUT2D eigenvalue weighted by Crippen LogP contribution is 2.69. The number of esters is 2. The second-order valence-electron chi connectivity index (χ2n) is 7.93. The van der Waals surface area contributed by atoms with Crippen LogP contribution in [0.5, 0.6) is 0 Å². The molecule has 126 valence electrons. The molecule has 8 atom stereocenters. The lowest BCUT2D eigenvalue weighted by Crippen LogP contribution is -2.39. The highest BCUT2D eigenvalue weighted by atomic mass is 16.5. The first-order valence-electron chi connectivity index (χ1n) is 9.01. The summed E-state index contributed by atoms with van der Waals surface area (Å²) in [7, 11) is 0. The van der Waals surface area contributed by atoms with Crippen molar-refractivity contribution in [1.82, 2.24) is 0 Å². The zero-order valence-electron chi connectivity index (χ0n) is 13.9. The summed E-state index contributed by atoms with van der Waals surface area (Å²) in [4.78, 5) is 22.3. The van der Waals surface area contributed by atoms with Gasteiger partial charge in [-0.2, -0.15) is 0 Å². The lowest BCUT2D eigenvalue weighted by Gasteiger charge is -2.41. The van der Waals surface area contributed by atoms with Crippen molar-refractivity contribution in [3.05, 3.63) is 12.2 Å². The Labute approximate surface area is 137 Å². The number of hydrogen-bond donors (Lipinski definition) is 0. The minimum atomic E-state index is -0.203. The monoisotopic (exact) mass is 318 g/mol. The second kappa shape index (κ2) is 5.64. The van der Waals surface area contributed by atoms with Crippen LogP contribution in [-0.2, 0) is 19.1 Å². The van der Waals surface area contributed by atoms with Gasteiger partial charge in [0.1, 0.15) is 0 Å². The van der Waals surface area contributed by atoms with Gasteiger partial charge < -0.3 is 9.47 Å². The molecule has 0 amide bonds. The van der Waals surface area contributed by atoms with Gasteiger partial charge in [-0.15, -0.1) is 0 Å². The van der Waals surface area contributed by atoms with Crippen LogP contribution in [0.2, 0.25) is 0 Å². The first kappa shape index (κ1) is 15.2. The third-order valence-electron chi connectivity index (χ3n) is 7.00. The van der Waals surface area contributed by atoms with Gasteiger partial charge in [0.15, 0.2) is 0 Å². The van der Waals surface area contributed by atoms with Crippen molar-refractivity contribution < 1.29 is 19.1 Å². The molecule has 4 aliphatic carbocycles. The van der Waals surface area contributed by atoms with Gasteiger partial charge in [0.2, 0.25) is 0 Å². The first-order chi connectivity index (χ1) is 11.1. The van der Waals surface area contributed by atoms with Gasteiger partial charge in [0.05, 0.1) is 13.2 Å². The molecule has 4 heteroatoms. The molecule has 4 aliphatic rings. The van der Waals surface area contributed by atoms with Gasteiger partial charge >= 0.3 is 11.9 Å². The van der Waals surface area contributed by atoms with Crippen LogP contribution in [0.15, 0.2) is 12.2 Å². The molecule has 3 saturated carbocycles. The van der Waals surface area contributed by atoms with Crippen LogP contribution >= 0.6 is 0 Å². The Balaban J connectivity index is 1.50. The molecule has 4 nitrogen and oxygen atoms in total. The van der Waals surface area contributed by atoms with Gasteiger partial charge in [-0.3, -0.25) is 9.59 Å². The largest absolute Gasteiger partial charge is 0.466 e. The molecular formula is C19H26O4. The molecule has 3 fully saturated rings. The molecule has 23 heavy (non-hydrogen) atoms. The van der Waals surface area contributed by atoms with Crippen molar-refractivity contribution in [2.24, 2.45) is 47.3 Å². The van der Waals surface area contributed by atoms with Crippen LogP contribution in [0, 0.1) is 47.3 Å². The van der Waals surface area contributed by atoms with Crippen LogP contribution in [0.4, 0.5) is 0 Å². The number of carbonyl (C=O) groups is 2. The van der Waals surface area contributed by atoms with E-state index in [0.717, 1.165) is 36.0 Å². The Hall–Kier alpha value is -1.32. The molecule has 0 aromatic rings. The number of fused-ring (bicyclic) bond motifs is 9. The van der Waals surface area contributed by atoms with E-state index in [4.69, 9.17) is 9.47 Å².